The maximum atomic E-state index is 14.3. The van der Waals surface area contributed by atoms with Crippen LogP contribution in [0.3, 0.4) is 0 Å². The molecule has 11 heteroatoms. The molecule has 160 valence electrons. The minimum Gasteiger partial charge on any atom is -0.494 e. The molecule has 0 aliphatic carbocycles. The number of rotatable bonds is 4. The number of aromatic nitrogens is 3. The van der Waals surface area contributed by atoms with Gasteiger partial charge in [0, 0.05) is 0 Å². The van der Waals surface area contributed by atoms with Crippen molar-refractivity contribution in [1.29, 1.82) is 0 Å². The minimum atomic E-state index is -4.81. The summed E-state index contributed by atoms with van der Waals surface area (Å²) in [6.07, 6.45) is -3.82. The van der Waals surface area contributed by atoms with E-state index < -0.39 is 23.3 Å². The number of methoxy groups -OCH3 is 1. The van der Waals surface area contributed by atoms with Gasteiger partial charge in [0.25, 0.3) is 0 Å². The third kappa shape index (κ3) is 3.70. The number of alkyl halides is 3. The Bertz CT molecular complexity index is 1250. The zero-order valence-corrected chi connectivity index (χ0v) is 17.9. The van der Waals surface area contributed by atoms with Crippen LogP contribution in [0.2, 0.25) is 5.02 Å². The molecule has 0 saturated carbocycles. The fraction of sp³-hybridized carbons (Fsp3) is 0.100. The molecule has 2 heterocycles. The summed E-state index contributed by atoms with van der Waals surface area (Å²) in [6, 6.07) is 10.1. The lowest BCUT2D eigenvalue weighted by molar-refractivity contribution is -0.142. The van der Waals surface area contributed by atoms with Crippen LogP contribution in [0.15, 0.2) is 57.7 Å². The molecule has 2 aromatic heterocycles. The smallest absolute Gasteiger partial charge is 0.434 e. The van der Waals surface area contributed by atoms with E-state index in [9.17, 15) is 17.6 Å². The summed E-state index contributed by atoms with van der Waals surface area (Å²) in [5, 5.41) is 7.68. The number of para-hydroxylation sites is 2. The standard InChI is InChI=1S/C20H11BrClF4N3O2/c1-30-14-8-3-2-7-13(14)29-19(20(24,25)26)10(9-27-29)18-16(21)17(28-31-18)15-11(22)5-4-6-12(15)23/h2-9H,1H3. The number of nitrogens with zero attached hydrogens (tertiary/aromatic N) is 3. The second-order valence-electron chi connectivity index (χ2n) is 6.26. The Morgan fingerprint density at radius 1 is 1.13 bits per heavy atom. The quantitative estimate of drug-likeness (QED) is 0.281. The molecule has 4 aromatic rings. The molecule has 0 spiro atoms. The molecule has 0 fully saturated rings. The molecular weight excluding hydrogens is 506 g/mol. The van der Waals surface area contributed by atoms with E-state index in [1.165, 1.54) is 31.4 Å². The van der Waals surface area contributed by atoms with Crippen LogP contribution in [0, 0.1) is 5.82 Å². The maximum absolute atomic E-state index is 14.3. The van der Waals surface area contributed by atoms with Crippen molar-refractivity contribution < 1.29 is 26.8 Å². The molecule has 2 aromatic carbocycles. The number of hydrogen-bond acceptors (Lipinski definition) is 4. The van der Waals surface area contributed by atoms with Gasteiger partial charge in [0.05, 0.1) is 33.9 Å². The zero-order valence-electron chi connectivity index (χ0n) is 15.5. The molecule has 0 unspecified atom stereocenters. The van der Waals surface area contributed by atoms with Gasteiger partial charge in [-0.15, -0.1) is 0 Å². The van der Waals surface area contributed by atoms with Crippen LogP contribution in [-0.4, -0.2) is 22.0 Å². The van der Waals surface area contributed by atoms with E-state index in [0.29, 0.717) is 4.68 Å². The average molecular weight is 517 g/mol. The third-order valence-electron chi connectivity index (χ3n) is 4.43. The van der Waals surface area contributed by atoms with Crippen molar-refractivity contribution in [3.05, 3.63) is 69.7 Å². The van der Waals surface area contributed by atoms with Crippen molar-refractivity contribution in [2.45, 2.75) is 6.18 Å². The highest BCUT2D eigenvalue weighted by Crippen LogP contribution is 2.45. The van der Waals surface area contributed by atoms with Crippen molar-refractivity contribution >= 4 is 27.5 Å². The predicted molar refractivity (Wildman–Crippen MR) is 109 cm³/mol. The topological polar surface area (TPSA) is 53.1 Å². The van der Waals surface area contributed by atoms with Gasteiger partial charge in [-0.2, -0.15) is 18.3 Å². The van der Waals surface area contributed by atoms with E-state index in [1.54, 1.807) is 12.1 Å². The van der Waals surface area contributed by atoms with Crippen LogP contribution in [0.5, 0.6) is 5.75 Å². The van der Waals surface area contributed by atoms with Crippen LogP contribution < -0.4 is 4.74 Å². The lowest BCUT2D eigenvalue weighted by atomic mass is 10.1. The van der Waals surface area contributed by atoms with Gasteiger partial charge in [-0.05, 0) is 40.2 Å². The molecule has 0 amide bonds. The van der Waals surface area contributed by atoms with Gasteiger partial charge in [-0.25, -0.2) is 9.07 Å². The van der Waals surface area contributed by atoms with Crippen LogP contribution in [0.4, 0.5) is 17.6 Å². The van der Waals surface area contributed by atoms with Crippen molar-refractivity contribution in [2.75, 3.05) is 7.11 Å². The van der Waals surface area contributed by atoms with Crippen molar-refractivity contribution in [3.63, 3.8) is 0 Å². The Hall–Kier alpha value is -2.85. The first-order chi connectivity index (χ1) is 14.7. The zero-order chi connectivity index (χ0) is 22.3. The van der Waals surface area contributed by atoms with Gasteiger partial charge in [0.15, 0.2) is 11.5 Å². The Balaban J connectivity index is 1.93. The molecule has 0 saturated heterocycles. The summed E-state index contributed by atoms with van der Waals surface area (Å²) in [4.78, 5) is 0. The molecule has 0 radical (unpaired) electrons. The van der Waals surface area contributed by atoms with E-state index in [-0.39, 0.29) is 37.9 Å². The first-order valence-corrected chi connectivity index (χ1v) is 9.79. The summed E-state index contributed by atoms with van der Waals surface area (Å²) in [6.45, 7) is 0. The Kier molecular flexibility index (Phi) is 5.52. The largest absolute Gasteiger partial charge is 0.494 e. The predicted octanol–water partition coefficient (Wildman–Crippen LogP) is 6.78. The van der Waals surface area contributed by atoms with Gasteiger partial charge in [0.2, 0.25) is 0 Å². The Morgan fingerprint density at radius 2 is 1.87 bits per heavy atom. The Morgan fingerprint density at radius 3 is 2.55 bits per heavy atom. The van der Waals surface area contributed by atoms with E-state index in [0.717, 1.165) is 12.3 Å². The van der Waals surface area contributed by atoms with Gasteiger partial charge >= 0.3 is 6.18 Å². The lowest BCUT2D eigenvalue weighted by Crippen LogP contribution is -2.15. The fourth-order valence-electron chi connectivity index (χ4n) is 3.10. The first kappa shape index (κ1) is 21.4. The second-order valence-corrected chi connectivity index (χ2v) is 7.46. The van der Waals surface area contributed by atoms with E-state index in [2.05, 4.69) is 26.2 Å². The molecule has 5 nitrogen and oxygen atoms in total. The summed E-state index contributed by atoms with van der Waals surface area (Å²) in [7, 11) is 1.34. The minimum absolute atomic E-state index is 0.00424. The summed E-state index contributed by atoms with van der Waals surface area (Å²) < 4.78 is 67.6. The molecule has 0 aliphatic rings. The molecule has 0 N–H and O–H groups in total. The SMILES string of the molecule is COc1ccccc1-n1ncc(-c2onc(-c3c(F)cccc3Cl)c2Br)c1C(F)(F)F. The van der Waals surface area contributed by atoms with Crippen molar-refractivity contribution in [3.8, 4) is 34.0 Å². The molecular formula is C20H11BrClF4N3O2. The van der Waals surface area contributed by atoms with Crippen LogP contribution >= 0.6 is 27.5 Å². The molecule has 0 atom stereocenters. The number of benzene rings is 2. The van der Waals surface area contributed by atoms with Gasteiger partial charge in [-0.3, -0.25) is 0 Å². The maximum Gasteiger partial charge on any atom is 0.434 e. The van der Waals surface area contributed by atoms with E-state index in [1.807, 2.05) is 0 Å². The number of halogens is 6. The van der Waals surface area contributed by atoms with E-state index >= 15 is 0 Å². The fourth-order valence-corrected chi connectivity index (χ4v) is 3.91. The van der Waals surface area contributed by atoms with Crippen molar-refractivity contribution in [2.24, 2.45) is 0 Å². The van der Waals surface area contributed by atoms with E-state index in [4.69, 9.17) is 20.9 Å². The lowest BCUT2D eigenvalue weighted by Gasteiger charge is -2.14. The average Bonchev–Trinajstić information content (AvgIpc) is 3.32. The highest BCUT2D eigenvalue weighted by Gasteiger charge is 2.41. The molecule has 4 rings (SSSR count). The molecule has 0 aliphatic heterocycles. The number of ether oxygens (including phenoxy) is 1. The molecule has 0 bridgehead atoms. The summed E-state index contributed by atoms with van der Waals surface area (Å²) in [5.74, 6) is -0.783. The third-order valence-corrected chi connectivity index (χ3v) is 5.48. The number of hydrogen-bond donors (Lipinski definition) is 0. The normalized spacial score (nSPS) is 11.7. The summed E-state index contributed by atoms with van der Waals surface area (Å²) >= 11 is 9.24. The van der Waals surface area contributed by atoms with Crippen molar-refractivity contribution in [1.82, 2.24) is 14.9 Å². The van der Waals surface area contributed by atoms with Gasteiger partial charge < -0.3 is 9.26 Å². The van der Waals surface area contributed by atoms with Crippen LogP contribution in [0.1, 0.15) is 5.69 Å². The van der Waals surface area contributed by atoms with Gasteiger partial charge in [-0.1, -0.05) is 35.0 Å². The van der Waals surface area contributed by atoms with Gasteiger partial charge in [0.1, 0.15) is 22.9 Å². The van der Waals surface area contributed by atoms with Crippen LogP contribution in [-0.2, 0) is 6.18 Å². The summed E-state index contributed by atoms with van der Waals surface area (Å²) in [5.41, 5.74) is -1.60. The Labute approximate surface area is 186 Å². The first-order valence-electron chi connectivity index (χ1n) is 8.62. The monoisotopic (exact) mass is 515 g/mol. The highest BCUT2D eigenvalue weighted by atomic mass is 79.9. The highest BCUT2D eigenvalue weighted by molar-refractivity contribution is 9.10. The van der Waals surface area contributed by atoms with Crippen LogP contribution in [0.25, 0.3) is 28.3 Å². The molecule has 31 heavy (non-hydrogen) atoms. The second kappa shape index (κ2) is 8.01.